The second kappa shape index (κ2) is 7.60. The minimum absolute atomic E-state index is 0.336. The second-order valence-electron chi connectivity index (χ2n) is 4.70. The van der Waals surface area contributed by atoms with Crippen molar-refractivity contribution in [2.24, 2.45) is 0 Å². The van der Waals surface area contributed by atoms with Gasteiger partial charge in [0.15, 0.2) is 0 Å². The van der Waals surface area contributed by atoms with Gasteiger partial charge in [-0.05, 0) is 24.5 Å². The van der Waals surface area contributed by atoms with Crippen molar-refractivity contribution in [1.82, 2.24) is 5.32 Å². The number of hydrogen-bond acceptors (Lipinski definition) is 2. The third kappa shape index (κ3) is 4.76. The molecule has 0 bridgehead atoms. The number of carboxylic acid groups (broad SMARTS) is 1. The van der Waals surface area contributed by atoms with Crippen LogP contribution in [0.25, 0.3) is 0 Å². The molecule has 2 atom stereocenters. The number of terminal acetylenes is 1. The molecule has 0 saturated carbocycles. The summed E-state index contributed by atoms with van der Waals surface area (Å²) in [5.74, 6) is 1.40. The van der Waals surface area contributed by atoms with Gasteiger partial charge in [0, 0.05) is 19.0 Å². The number of carboxylic acids is 1. The first-order chi connectivity index (χ1) is 9.08. The third-order valence-corrected chi connectivity index (χ3v) is 3.30. The molecule has 3 nitrogen and oxygen atoms in total. The van der Waals surface area contributed by atoms with Gasteiger partial charge in [0.05, 0.1) is 5.92 Å². The highest BCUT2D eigenvalue weighted by Crippen LogP contribution is 2.16. The van der Waals surface area contributed by atoms with Crippen LogP contribution in [0.5, 0.6) is 0 Å². The van der Waals surface area contributed by atoms with Crippen LogP contribution in [-0.2, 0) is 11.3 Å². The summed E-state index contributed by atoms with van der Waals surface area (Å²) in [4.78, 5) is 10.9. The van der Waals surface area contributed by atoms with E-state index in [1.807, 2.05) is 24.3 Å². The molecule has 0 radical (unpaired) electrons. The first kappa shape index (κ1) is 15.3. The fourth-order valence-corrected chi connectivity index (χ4v) is 1.83. The third-order valence-electron chi connectivity index (χ3n) is 3.30. The summed E-state index contributed by atoms with van der Waals surface area (Å²) < 4.78 is 0. The van der Waals surface area contributed by atoms with Crippen LogP contribution < -0.4 is 5.32 Å². The van der Waals surface area contributed by atoms with Crippen LogP contribution in [0, 0.1) is 12.3 Å². The standard InChI is InChI=1S/C16H21NO2/c1-4-6-15(5-2)17-11-13-7-9-14(10-8-13)12(3)16(18)19/h1,7-10,12,15,17H,5-6,11H2,2-3H3,(H,18,19). The van der Waals surface area contributed by atoms with Crippen molar-refractivity contribution in [1.29, 1.82) is 0 Å². The fraction of sp³-hybridized carbons (Fsp3) is 0.438. The number of carbonyl (C=O) groups is 1. The SMILES string of the molecule is C#CCC(CC)NCc1ccc(C(C)C(=O)O)cc1. The van der Waals surface area contributed by atoms with E-state index in [0.29, 0.717) is 6.04 Å². The van der Waals surface area contributed by atoms with E-state index in [0.717, 1.165) is 30.5 Å². The smallest absolute Gasteiger partial charge is 0.310 e. The molecule has 2 unspecified atom stereocenters. The molecule has 0 aromatic heterocycles. The molecule has 0 aliphatic carbocycles. The van der Waals surface area contributed by atoms with Crippen molar-refractivity contribution in [2.75, 3.05) is 0 Å². The minimum atomic E-state index is -0.800. The molecule has 0 aliphatic rings. The highest BCUT2D eigenvalue weighted by atomic mass is 16.4. The van der Waals surface area contributed by atoms with Crippen LogP contribution >= 0.6 is 0 Å². The largest absolute Gasteiger partial charge is 0.481 e. The summed E-state index contributed by atoms with van der Waals surface area (Å²) in [7, 11) is 0. The summed E-state index contributed by atoms with van der Waals surface area (Å²) in [5, 5.41) is 12.3. The number of benzene rings is 1. The molecule has 1 rings (SSSR count). The topological polar surface area (TPSA) is 49.3 Å². The van der Waals surface area contributed by atoms with Gasteiger partial charge >= 0.3 is 5.97 Å². The normalized spacial score (nSPS) is 13.5. The molecular formula is C16H21NO2. The molecule has 0 saturated heterocycles. The van der Waals surface area contributed by atoms with Crippen molar-refractivity contribution < 1.29 is 9.90 Å². The molecule has 0 fully saturated rings. The Hall–Kier alpha value is -1.79. The number of aliphatic carboxylic acids is 1. The highest BCUT2D eigenvalue weighted by molar-refractivity contribution is 5.75. The van der Waals surface area contributed by atoms with Crippen LogP contribution in [-0.4, -0.2) is 17.1 Å². The van der Waals surface area contributed by atoms with Gasteiger partial charge in [-0.3, -0.25) is 4.79 Å². The van der Waals surface area contributed by atoms with Gasteiger partial charge in [-0.15, -0.1) is 12.3 Å². The Morgan fingerprint density at radius 2 is 2.05 bits per heavy atom. The van der Waals surface area contributed by atoms with Crippen molar-refractivity contribution in [3.63, 3.8) is 0 Å². The van der Waals surface area contributed by atoms with E-state index in [1.165, 1.54) is 0 Å². The lowest BCUT2D eigenvalue weighted by Gasteiger charge is -2.14. The maximum atomic E-state index is 10.9. The lowest BCUT2D eigenvalue weighted by Crippen LogP contribution is -2.27. The van der Waals surface area contributed by atoms with Gasteiger partial charge in [-0.2, -0.15) is 0 Å². The predicted molar refractivity (Wildman–Crippen MR) is 76.9 cm³/mol. The Balaban J connectivity index is 2.57. The van der Waals surface area contributed by atoms with Crippen molar-refractivity contribution in [2.45, 2.75) is 45.2 Å². The van der Waals surface area contributed by atoms with Gasteiger partial charge in [0.2, 0.25) is 0 Å². The first-order valence-electron chi connectivity index (χ1n) is 6.57. The Bertz CT molecular complexity index is 445. The van der Waals surface area contributed by atoms with Gasteiger partial charge in [0.25, 0.3) is 0 Å². The summed E-state index contributed by atoms with van der Waals surface area (Å²) in [6, 6.07) is 8.01. The summed E-state index contributed by atoms with van der Waals surface area (Å²) >= 11 is 0. The lowest BCUT2D eigenvalue weighted by atomic mass is 10.00. The number of hydrogen-bond donors (Lipinski definition) is 2. The second-order valence-corrected chi connectivity index (χ2v) is 4.70. The van der Waals surface area contributed by atoms with E-state index >= 15 is 0 Å². The lowest BCUT2D eigenvalue weighted by molar-refractivity contribution is -0.138. The molecule has 102 valence electrons. The fourth-order valence-electron chi connectivity index (χ4n) is 1.83. The van der Waals surface area contributed by atoms with Crippen molar-refractivity contribution >= 4 is 5.97 Å². The number of rotatable bonds is 7. The van der Waals surface area contributed by atoms with Gasteiger partial charge in [-0.25, -0.2) is 0 Å². The highest BCUT2D eigenvalue weighted by Gasteiger charge is 2.13. The molecule has 0 amide bonds. The molecule has 19 heavy (non-hydrogen) atoms. The van der Waals surface area contributed by atoms with Crippen LogP contribution in [0.2, 0.25) is 0 Å². The Labute approximate surface area is 115 Å². The zero-order chi connectivity index (χ0) is 14.3. The van der Waals surface area contributed by atoms with Gasteiger partial charge in [-0.1, -0.05) is 31.2 Å². The Morgan fingerprint density at radius 3 is 2.53 bits per heavy atom. The Morgan fingerprint density at radius 1 is 1.42 bits per heavy atom. The zero-order valence-electron chi connectivity index (χ0n) is 11.5. The first-order valence-corrected chi connectivity index (χ1v) is 6.57. The quantitative estimate of drug-likeness (QED) is 0.740. The molecule has 0 heterocycles. The predicted octanol–water partition coefficient (Wildman–Crippen LogP) is 2.77. The average molecular weight is 259 g/mol. The maximum Gasteiger partial charge on any atom is 0.310 e. The van der Waals surface area contributed by atoms with Gasteiger partial charge in [0.1, 0.15) is 0 Å². The molecule has 1 aromatic rings. The van der Waals surface area contributed by atoms with E-state index in [4.69, 9.17) is 11.5 Å². The van der Waals surface area contributed by atoms with Crippen LogP contribution in [0.15, 0.2) is 24.3 Å². The summed E-state index contributed by atoms with van der Waals surface area (Å²) in [6.45, 7) is 4.55. The molecule has 1 aromatic carbocycles. The van der Waals surface area contributed by atoms with Crippen LogP contribution in [0.1, 0.15) is 43.7 Å². The van der Waals surface area contributed by atoms with E-state index in [2.05, 4.69) is 18.2 Å². The molecular weight excluding hydrogens is 238 g/mol. The van der Waals surface area contributed by atoms with Gasteiger partial charge < -0.3 is 10.4 Å². The van der Waals surface area contributed by atoms with E-state index < -0.39 is 11.9 Å². The summed E-state index contributed by atoms with van der Waals surface area (Å²) in [5.41, 5.74) is 1.96. The number of nitrogens with one attached hydrogen (secondary N) is 1. The molecule has 0 aliphatic heterocycles. The molecule has 0 spiro atoms. The molecule has 3 heteroatoms. The van der Waals surface area contributed by atoms with Crippen molar-refractivity contribution in [3.8, 4) is 12.3 Å². The zero-order valence-corrected chi connectivity index (χ0v) is 11.5. The van der Waals surface area contributed by atoms with Crippen LogP contribution in [0.4, 0.5) is 0 Å². The summed E-state index contributed by atoms with van der Waals surface area (Å²) in [6.07, 6.45) is 7.03. The van der Waals surface area contributed by atoms with Crippen LogP contribution in [0.3, 0.4) is 0 Å². The molecule has 2 N–H and O–H groups in total. The maximum absolute atomic E-state index is 10.9. The monoisotopic (exact) mass is 259 g/mol. The van der Waals surface area contributed by atoms with Crippen molar-refractivity contribution in [3.05, 3.63) is 35.4 Å². The minimum Gasteiger partial charge on any atom is -0.481 e. The van der Waals surface area contributed by atoms with E-state index in [9.17, 15) is 4.79 Å². The van der Waals surface area contributed by atoms with E-state index in [-0.39, 0.29) is 0 Å². The van der Waals surface area contributed by atoms with E-state index in [1.54, 1.807) is 6.92 Å². The average Bonchev–Trinajstić information content (AvgIpc) is 2.43. The Kier molecular flexibility index (Phi) is 6.11.